The lowest BCUT2D eigenvalue weighted by Crippen LogP contribution is -2.59. The summed E-state index contributed by atoms with van der Waals surface area (Å²) in [7, 11) is 0. The standard InChI is InChI=1S/C36H40ClN3O7/c1-3-22(2)26(21-41)40-32-34(44)39(25-15-13-24(37)14-16-25)19-9-5-8-12-29(42)38-20-28(23-10-6-4-7-11-23)46-35(45)30-27-17-18-36(32,47-27)31(30)33(40)43/h4-7,9-11,13-18,22,26-28,30-32,41H,3,8,12,19-21H2,1-2H3,(H,38,42)/b9-5-/t22-,26-,27-,28-,30+,31+,32-,36+/m0/s1. The molecule has 2 aromatic rings. The number of nitrogens with one attached hydrogen (secondary N) is 1. The Labute approximate surface area is 279 Å². The zero-order chi connectivity index (χ0) is 33.3. The van der Waals surface area contributed by atoms with E-state index in [0.29, 0.717) is 29.1 Å². The van der Waals surface area contributed by atoms with E-state index in [1.807, 2.05) is 56.3 Å². The van der Waals surface area contributed by atoms with Crippen LogP contribution >= 0.6 is 11.6 Å². The minimum Gasteiger partial charge on any atom is -0.455 e. The van der Waals surface area contributed by atoms with E-state index < -0.39 is 59.5 Å². The predicted molar refractivity (Wildman–Crippen MR) is 175 cm³/mol. The molecule has 0 aromatic heterocycles. The van der Waals surface area contributed by atoms with E-state index in [4.69, 9.17) is 21.1 Å². The van der Waals surface area contributed by atoms with Crippen molar-refractivity contribution in [2.45, 2.75) is 63.0 Å². The van der Waals surface area contributed by atoms with Gasteiger partial charge in [-0.15, -0.1) is 0 Å². The third kappa shape index (κ3) is 5.98. The molecule has 0 radical (unpaired) electrons. The number of aliphatic hydroxyl groups excluding tert-OH is 1. The third-order valence-electron chi connectivity index (χ3n) is 9.97. The highest BCUT2D eigenvalue weighted by atomic mass is 35.5. The molecule has 6 rings (SSSR count). The van der Waals surface area contributed by atoms with Crippen molar-refractivity contribution in [3.8, 4) is 0 Å². The summed E-state index contributed by atoms with van der Waals surface area (Å²) in [5, 5.41) is 14.1. The number of hydrogen-bond donors (Lipinski definition) is 2. The number of ether oxygens (including phenoxy) is 2. The smallest absolute Gasteiger partial charge is 0.313 e. The lowest BCUT2D eigenvalue weighted by atomic mass is 9.74. The Morgan fingerprint density at radius 1 is 1.04 bits per heavy atom. The second-order valence-corrected chi connectivity index (χ2v) is 13.1. The number of amides is 3. The van der Waals surface area contributed by atoms with E-state index in [1.165, 1.54) is 4.90 Å². The Balaban J connectivity index is 1.47. The molecule has 0 saturated carbocycles. The number of rotatable bonds is 6. The number of aliphatic hydroxyl groups is 1. The maximum Gasteiger partial charge on any atom is 0.313 e. The zero-order valence-electron chi connectivity index (χ0n) is 26.5. The molecule has 4 aliphatic heterocycles. The highest BCUT2D eigenvalue weighted by Crippen LogP contribution is 2.56. The van der Waals surface area contributed by atoms with Gasteiger partial charge in [-0.1, -0.05) is 86.5 Å². The van der Waals surface area contributed by atoms with E-state index in [-0.39, 0.29) is 37.9 Å². The lowest BCUT2D eigenvalue weighted by Gasteiger charge is -2.40. The molecule has 4 heterocycles. The van der Waals surface area contributed by atoms with Gasteiger partial charge in [0.05, 0.1) is 31.2 Å². The minimum absolute atomic E-state index is 0.0499. The number of hydrogen-bond acceptors (Lipinski definition) is 7. The van der Waals surface area contributed by atoms with E-state index in [9.17, 15) is 24.3 Å². The van der Waals surface area contributed by atoms with Crippen molar-refractivity contribution in [3.63, 3.8) is 0 Å². The second-order valence-electron chi connectivity index (χ2n) is 12.7. The molecule has 1 spiro atoms. The van der Waals surface area contributed by atoms with Gasteiger partial charge < -0.3 is 29.7 Å². The second kappa shape index (κ2) is 13.6. The number of anilines is 1. The van der Waals surface area contributed by atoms with Gasteiger partial charge in [0.1, 0.15) is 23.7 Å². The number of esters is 1. The molecule has 2 aromatic carbocycles. The quantitative estimate of drug-likeness (QED) is 0.354. The maximum absolute atomic E-state index is 15.0. The van der Waals surface area contributed by atoms with Crippen LogP contribution in [0.15, 0.2) is 78.9 Å². The van der Waals surface area contributed by atoms with Gasteiger partial charge >= 0.3 is 5.97 Å². The topological polar surface area (TPSA) is 125 Å². The zero-order valence-corrected chi connectivity index (χ0v) is 27.2. The molecule has 10 nitrogen and oxygen atoms in total. The van der Waals surface area contributed by atoms with Crippen molar-refractivity contribution < 1.29 is 33.8 Å². The highest BCUT2D eigenvalue weighted by molar-refractivity contribution is 6.30. The largest absolute Gasteiger partial charge is 0.455 e. The number of allylic oxidation sites excluding steroid dienone is 1. The molecule has 0 unspecified atom stereocenters. The SMILES string of the molecule is CC[C@H](C)[C@H](CO)N1C(=O)[C@H]2[C@@H]3C(=O)O[C@H](c4ccccc4)CNC(=O)CC/C=C\CN(c4ccc(Cl)cc4)C(=O)[C@H]1[C@@]21C=C[C@@H]3O1. The molecule has 248 valence electrons. The molecule has 4 aliphatic rings. The summed E-state index contributed by atoms with van der Waals surface area (Å²) in [6, 6.07) is 14.1. The molecule has 0 aliphatic carbocycles. The maximum atomic E-state index is 15.0. The van der Waals surface area contributed by atoms with Crippen LogP contribution in [0, 0.1) is 17.8 Å². The summed E-state index contributed by atoms with van der Waals surface area (Å²) >= 11 is 6.19. The van der Waals surface area contributed by atoms with Crippen LogP contribution in [0.3, 0.4) is 0 Å². The lowest BCUT2D eigenvalue weighted by molar-refractivity contribution is -0.160. The number of nitrogens with zero attached hydrogens (tertiary/aromatic N) is 2. The van der Waals surface area contributed by atoms with Crippen LogP contribution in [0.5, 0.6) is 0 Å². The average molecular weight is 662 g/mol. The summed E-state index contributed by atoms with van der Waals surface area (Å²) in [6.07, 6.45) is 6.79. The molecule has 3 amide bonds. The van der Waals surface area contributed by atoms with Crippen LogP contribution in [0.25, 0.3) is 0 Å². The molecule has 47 heavy (non-hydrogen) atoms. The summed E-state index contributed by atoms with van der Waals surface area (Å²) in [6.45, 7) is 3.71. The third-order valence-corrected chi connectivity index (χ3v) is 10.2. The van der Waals surface area contributed by atoms with E-state index in [0.717, 1.165) is 0 Å². The predicted octanol–water partition coefficient (Wildman–Crippen LogP) is 3.98. The van der Waals surface area contributed by atoms with Crippen LogP contribution in [-0.2, 0) is 28.7 Å². The monoisotopic (exact) mass is 661 g/mol. The number of likely N-dealkylation sites (tertiary alicyclic amines) is 1. The number of cyclic esters (lactones) is 1. The number of fused-ring (bicyclic) bond motifs is 2. The normalized spacial score (nSPS) is 31.4. The first-order valence-corrected chi connectivity index (χ1v) is 16.6. The van der Waals surface area contributed by atoms with Crippen LogP contribution in [0.2, 0.25) is 5.02 Å². The van der Waals surface area contributed by atoms with Crippen molar-refractivity contribution in [3.05, 3.63) is 89.5 Å². The first-order valence-electron chi connectivity index (χ1n) is 16.2. The first kappa shape index (κ1) is 32.9. The van der Waals surface area contributed by atoms with Crippen LogP contribution in [0.4, 0.5) is 5.69 Å². The van der Waals surface area contributed by atoms with Gasteiger partial charge in [-0.25, -0.2) is 0 Å². The van der Waals surface area contributed by atoms with Gasteiger partial charge in [0.25, 0.3) is 5.91 Å². The van der Waals surface area contributed by atoms with Gasteiger partial charge in [0, 0.05) is 23.7 Å². The Kier molecular flexibility index (Phi) is 9.55. The Morgan fingerprint density at radius 2 is 1.79 bits per heavy atom. The Bertz CT molecular complexity index is 1560. The molecule has 8 atom stereocenters. The van der Waals surface area contributed by atoms with Gasteiger partial charge in [0.2, 0.25) is 11.8 Å². The molecule has 2 fully saturated rings. The number of carbonyl (C=O) groups excluding carboxylic acids is 4. The number of halogens is 1. The first-order chi connectivity index (χ1) is 22.7. The van der Waals surface area contributed by atoms with Crippen LogP contribution < -0.4 is 10.2 Å². The fourth-order valence-electron chi connectivity index (χ4n) is 7.34. The fraction of sp³-hybridized carbons (Fsp3) is 0.444. The van der Waals surface area contributed by atoms with E-state index in [1.54, 1.807) is 41.3 Å². The van der Waals surface area contributed by atoms with Crippen molar-refractivity contribution >= 4 is 41.0 Å². The summed E-state index contributed by atoms with van der Waals surface area (Å²) < 4.78 is 12.7. The molecular weight excluding hydrogens is 622 g/mol. The Hall–Kier alpha value is -3.99. The van der Waals surface area contributed by atoms with Gasteiger partial charge in [-0.05, 0) is 42.2 Å². The molecule has 5 bridgehead atoms. The molecule has 2 N–H and O–H groups in total. The summed E-state index contributed by atoms with van der Waals surface area (Å²) in [4.78, 5) is 59.6. The molecular formula is C36H40ClN3O7. The highest BCUT2D eigenvalue weighted by Gasteiger charge is 2.74. The number of carbonyl (C=O) groups is 4. The molecule has 11 heteroatoms. The van der Waals surface area contributed by atoms with Crippen molar-refractivity contribution in [1.29, 1.82) is 0 Å². The van der Waals surface area contributed by atoms with Crippen LogP contribution in [-0.4, -0.2) is 77.2 Å². The van der Waals surface area contributed by atoms with Crippen molar-refractivity contribution in [1.82, 2.24) is 10.2 Å². The molecule has 2 saturated heterocycles. The van der Waals surface area contributed by atoms with Crippen LogP contribution in [0.1, 0.15) is 44.8 Å². The fourth-order valence-corrected chi connectivity index (χ4v) is 7.47. The van der Waals surface area contributed by atoms with Gasteiger partial charge in [-0.3, -0.25) is 19.2 Å². The Morgan fingerprint density at radius 3 is 2.49 bits per heavy atom. The van der Waals surface area contributed by atoms with E-state index in [2.05, 4.69) is 5.32 Å². The average Bonchev–Trinajstić information content (AvgIpc) is 3.72. The van der Waals surface area contributed by atoms with Gasteiger partial charge in [-0.2, -0.15) is 0 Å². The van der Waals surface area contributed by atoms with Crippen molar-refractivity contribution in [2.24, 2.45) is 17.8 Å². The van der Waals surface area contributed by atoms with E-state index >= 15 is 0 Å². The van der Waals surface area contributed by atoms with Gasteiger partial charge in [0.15, 0.2) is 0 Å². The summed E-state index contributed by atoms with van der Waals surface area (Å²) in [5.41, 5.74) is -0.215. The summed E-state index contributed by atoms with van der Waals surface area (Å²) in [5.74, 6) is -3.97. The number of benzene rings is 2. The minimum atomic E-state index is -1.46. The van der Waals surface area contributed by atoms with Crippen molar-refractivity contribution in [2.75, 3.05) is 24.6 Å².